The number of aryl methyl sites for hydroxylation is 1. The molecule has 33 heavy (non-hydrogen) atoms. The fraction of sp³-hybridized carbons (Fsp3) is 0.296. The molecule has 0 bridgehead atoms. The van der Waals surface area contributed by atoms with Crippen molar-refractivity contribution in [3.8, 4) is 0 Å². The number of hydrogen-bond donors (Lipinski definition) is 0. The van der Waals surface area contributed by atoms with Crippen molar-refractivity contribution in [2.45, 2.75) is 19.8 Å². The molecule has 0 unspecified atom stereocenters. The third-order valence-corrected chi connectivity index (χ3v) is 6.25. The van der Waals surface area contributed by atoms with Gasteiger partial charge in [0.1, 0.15) is 0 Å². The summed E-state index contributed by atoms with van der Waals surface area (Å²) in [5.41, 5.74) is 6.45. The molecule has 2 heterocycles. The summed E-state index contributed by atoms with van der Waals surface area (Å²) in [6, 6.07) is 16.0. The quantitative estimate of drug-likeness (QED) is 0.571. The number of ether oxygens (including phenoxy) is 2. The van der Waals surface area contributed by atoms with E-state index in [4.69, 9.17) is 14.5 Å². The van der Waals surface area contributed by atoms with Gasteiger partial charge in [0.05, 0.1) is 30.0 Å². The van der Waals surface area contributed by atoms with E-state index in [9.17, 15) is 9.59 Å². The van der Waals surface area contributed by atoms with Crippen molar-refractivity contribution in [2.75, 3.05) is 32.9 Å². The standard InChI is InChI=1S/C27H26N2O4/c1-18-6-8-19(9-7-18)16-20-10-11-22-25(21-4-2-3-5-23(21)28-26(20)22)27(31)33-17-24(30)29-12-14-32-15-13-29/h2-9,16H,10-15,17H2,1H3. The van der Waals surface area contributed by atoms with E-state index in [1.54, 1.807) is 4.90 Å². The van der Waals surface area contributed by atoms with Crippen LogP contribution in [0.2, 0.25) is 0 Å². The third kappa shape index (κ3) is 4.39. The Morgan fingerprint density at radius 1 is 1.06 bits per heavy atom. The first kappa shape index (κ1) is 21.3. The number of para-hydroxylation sites is 1. The van der Waals surface area contributed by atoms with E-state index in [2.05, 4.69) is 37.3 Å². The summed E-state index contributed by atoms with van der Waals surface area (Å²) >= 11 is 0. The number of nitrogens with zero attached hydrogens (tertiary/aromatic N) is 2. The summed E-state index contributed by atoms with van der Waals surface area (Å²) in [6.07, 6.45) is 3.66. The van der Waals surface area contributed by atoms with Gasteiger partial charge in [-0.25, -0.2) is 9.78 Å². The Morgan fingerprint density at radius 2 is 1.82 bits per heavy atom. The zero-order chi connectivity index (χ0) is 22.8. The number of morpholine rings is 1. The van der Waals surface area contributed by atoms with E-state index in [0.29, 0.717) is 38.3 Å². The molecule has 1 fully saturated rings. The van der Waals surface area contributed by atoms with E-state index >= 15 is 0 Å². The van der Waals surface area contributed by atoms with Crippen molar-refractivity contribution in [3.63, 3.8) is 0 Å². The fourth-order valence-corrected chi connectivity index (χ4v) is 4.48. The predicted molar refractivity (Wildman–Crippen MR) is 127 cm³/mol. The normalized spacial score (nSPS) is 16.8. The van der Waals surface area contributed by atoms with Gasteiger partial charge in [-0.3, -0.25) is 4.79 Å². The van der Waals surface area contributed by atoms with E-state index < -0.39 is 5.97 Å². The van der Waals surface area contributed by atoms with Crippen molar-refractivity contribution in [1.29, 1.82) is 0 Å². The summed E-state index contributed by atoms with van der Waals surface area (Å²) in [5, 5.41) is 0.761. The maximum absolute atomic E-state index is 13.2. The van der Waals surface area contributed by atoms with Gasteiger partial charge >= 0.3 is 5.97 Å². The van der Waals surface area contributed by atoms with Crippen LogP contribution in [0.5, 0.6) is 0 Å². The summed E-state index contributed by atoms with van der Waals surface area (Å²) in [4.78, 5) is 32.3. The largest absolute Gasteiger partial charge is 0.452 e. The van der Waals surface area contributed by atoms with Crippen LogP contribution in [-0.4, -0.2) is 54.7 Å². The number of rotatable bonds is 4. The number of benzene rings is 2. The number of allylic oxidation sites excluding steroid dienone is 1. The Labute approximate surface area is 192 Å². The molecule has 1 aromatic heterocycles. The molecule has 168 valence electrons. The van der Waals surface area contributed by atoms with Gasteiger partial charge in [-0.15, -0.1) is 0 Å². The highest BCUT2D eigenvalue weighted by Gasteiger charge is 2.28. The first-order valence-electron chi connectivity index (χ1n) is 11.3. The fourth-order valence-electron chi connectivity index (χ4n) is 4.48. The highest BCUT2D eigenvalue weighted by Crippen LogP contribution is 2.37. The topological polar surface area (TPSA) is 68.7 Å². The van der Waals surface area contributed by atoms with Crippen LogP contribution in [0.25, 0.3) is 22.6 Å². The molecule has 1 aliphatic heterocycles. The molecule has 1 aliphatic carbocycles. The zero-order valence-electron chi connectivity index (χ0n) is 18.7. The molecule has 0 saturated carbocycles. The first-order chi connectivity index (χ1) is 16.1. The molecule has 0 N–H and O–H groups in total. The second-order valence-corrected chi connectivity index (χ2v) is 8.48. The Hall–Kier alpha value is -3.51. The van der Waals surface area contributed by atoms with Crippen LogP contribution in [-0.2, 0) is 20.7 Å². The van der Waals surface area contributed by atoms with Crippen LogP contribution < -0.4 is 0 Å². The molecule has 0 atom stereocenters. The van der Waals surface area contributed by atoms with Crippen molar-refractivity contribution in [2.24, 2.45) is 0 Å². The van der Waals surface area contributed by atoms with E-state index in [1.807, 2.05) is 24.3 Å². The van der Waals surface area contributed by atoms with Gasteiger partial charge in [-0.2, -0.15) is 0 Å². The minimum absolute atomic E-state index is 0.193. The van der Waals surface area contributed by atoms with Crippen molar-refractivity contribution >= 4 is 34.4 Å². The van der Waals surface area contributed by atoms with Crippen LogP contribution in [0.15, 0.2) is 48.5 Å². The molecule has 0 radical (unpaired) electrons. The van der Waals surface area contributed by atoms with Crippen molar-refractivity contribution < 1.29 is 19.1 Å². The van der Waals surface area contributed by atoms with E-state index in [1.165, 1.54) is 5.56 Å². The summed E-state index contributed by atoms with van der Waals surface area (Å²) in [7, 11) is 0. The highest BCUT2D eigenvalue weighted by atomic mass is 16.5. The molecule has 2 aromatic carbocycles. The number of hydrogen-bond acceptors (Lipinski definition) is 5. The summed E-state index contributed by atoms with van der Waals surface area (Å²) < 4.78 is 10.8. The molecular formula is C27H26N2O4. The molecule has 1 amide bonds. The van der Waals surface area contributed by atoms with Gasteiger partial charge in [0.15, 0.2) is 6.61 Å². The van der Waals surface area contributed by atoms with Crippen LogP contribution in [0.3, 0.4) is 0 Å². The van der Waals surface area contributed by atoms with Crippen LogP contribution >= 0.6 is 0 Å². The molecule has 1 saturated heterocycles. The second-order valence-electron chi connectivity index (χ2n) is 8.48. The average molecular weight is 443 g/mol. The van der Waals surface area contributed by atoms with Crippen LogP contribution in [0.4, 0.5) is 0 Å². The Balaban J connectivity index is 1.46. The Kier molecular flexibility index (Phi) is 5.92. The number of carbonyl (C=O) groups is 2. The molecule has 3 aromatic rings. The Bertz CT molecular complexity index is 1240. The minimum Gasteiger partial charge on any atom is -0.452 e. The van der Waals surface area contributed by atoms with Gasteiger partial charge < -0.3 is 14.4 Å². The summed E-state index contributed by atoms with van der Waals surface area (Å²) in [5.74, 6) is -0.662. The number of fused-ring (bicyclic) bond motifs is 2. The van der Waals surface area contributed by atoms with E-state index in [0.717, 1.165) is 39.7 Å². The second kappa shape index (κ2) is 9.16. The summed E-state index contributed by atoms with van der Waals surface area (Å²) in [6.45, 7) is 3.87. The lowest BCUT2D eigenvalue weighted by Gasteiger charge is -2.26. The maximum Gasteiger partial charge on any atom is 0.339 e. The Morgan fingerprint density at radius 3 is 2.61 bits per heavy atom. The SMILES string of the molecule is Cc1ccc(C=C2CCc3c2nc2ccccc2c3C(=O)OCC(=O)N2CCOCC2)cc1. The van der Waals surface area contributed by atoms with Gasteiger partial charge in [0.25, 0.3) is 5.91 Å². The van der Waals surface area contributed by atoms with Crippen molar-refractivity contribution in [3.05, 3.63) is 76.5 Å². The van der Waals surface area contributed by atoms with Gasteiger partial charge in [0.2, 0.25) is 0 Å². The first-order valence-corrected chi connectivity index (χ1v) is 11.3. The smallest absolute Gasteiger partial charge is 0.339 e. The lowest BCUT2D eigenvalue weighted by molar-refractivity contribution is -0.138. The molecule has 0 spiro atoms. The molecule has 5 rings (SSSR count). The lowest BCUT2D eigenvalue weighted by Crippen LogP contribution is -2.42. The average Bonchev–Trinajstić information content (AvgIpc) is 3.24. The maximum atomic E-state index is 13.2. The number of esters is 1. The van der Waals surface area contributed by atoms with Crippen LogP contribution in [0, 0.1) is 6.92 Å². The van der Waals surface area contributed by atoms with Gasteiger partial charge in [-0.1, -0.05) is 48.0 Å². The number of carbonyl (C=O) groups excluding carboxylic acids is 2. The number of amides is 1. The third-order valence-electron chi connectivity index (χ3n) is 6.25. The van der Waals surface area contributed by atoms with E-state index in [-0.39, 0.29) is 12.5 Å². The highest BCUT2D eigenvalue weighted by molar-refractivity contribution is 6.07. The monoisotopic (exact) mass is 442 g/mol. The molecular weight excluding hydrogens is 416 g/mol. The molecule has 6 nitrogen and oxygen atoms in total. The van der Waals surface area contributed by atoms with Gasteiger partial charge in [-0.05, 0) is 48.6 Å². The zero-order valence-corrected chi connectivity index (χ0v) is 18.7. The molecule has 6 heteroatoms. The lowest BCUT2D eigenvalue weighted by atomic mass is 10.0. The van der Waals surface area contributed by atoms with Gasteiger partial charge in [0, 0.05) is 18.5 Å². The predicted octanol–water partition coefficient (Wildman–Crippen LogP) is 4.05. The number of pyridine rings is 1. The van der Waals surface area contributed by atoms with Crippen LogP contribution in [0.1, 0.15) is 39.2 Å². The van der Waals surface area contributed by atoms with Crippen molar-refractivity contribution in [1.82, 2.24) is 9.88 Å². The minimum atomic E-state index is -0.469. The number of aromatic nitrogens is 1. The molecule has 2 aliphatic rings.